The summed E-state index contributed by atoms with van der Waals surface area (Å²) in [5, 5.41) is 12.3. The van der Waals surface area contributed by atoms with E-state index in [4.69, 9.17) is 4.42 Å². The number of likely N-dealkylation sites (tertiary alicyclic amines) is 1. The van der Waals surface area contributed by atoms with Crippen LogP contribution in [0, 0.1) is 6.92 Å². The highest BCUT2D eigenvalue weighted by Gasteiger charge is 2.37. The average molecular weight is 266 g/mol. The van der Waals surface area contributed by atoms with E-state index in [0.29, 0.717) is 5.76 Å². The first-order valence-corrected chi connectivity index (χ1v) is 6.25. The van der Waals surface area contributed by atoms with Crippen molar-refractivity contribution >= 4 is 11.8 Å². The van der Waals surface area contributed by atoms with E-state index in [1.807, 2.05) is 13.0 Å². The fourth-order valence-electron chi connectivity index (χ4n) is 2.28. The van der Waals surface area contributed by atoms with Gasteiger partial charge in [0.25, 0.3) is 0 Å². The lowest BCUT2D eigenvalue weighted by molar-refractivity contribution is -0.137. The summed E-state index contributed by atoms with van der Waals surface area (Å²) in [4.78, 5) is 24.9. The van der Waals surface area contributed by atoms with Crippen molar-refractivity contribution in [2.45, 2.75) is 39.0 Å². The molecule has 1 aliphatic heterocycles. The molecule has 6 nitrogen and oxygen atoms in total. The Morgan fingerprint density at radius 2 is 2.32 bits per heavy atom. The topological polar surface area (TPSA) is 82.8 Å². The number of nitrogens with zero attached hydrogens (tertiary/aromatic N) is 1. The predicted molar refractivity (Wildman–Crippen MR) is 67.1 cm³/mol. The molecule has 0 unspecified atom stereocenters. The molecule has 1 aromatic heterocycles. The molecule has 0 aliphatic carbocycles. The monoisotopic (exact) mass is 266 g/mol. The van der Waals surface area contributed by atoms with Gasteiger partial charge < -0.3 is 19.7 Å². The Labute approximate surface area is 111 Å². The second-order valence-corrected chi connectivity index (χ2v) is 4.82. The number of hydrogen-bond donors (Lipinski definition) is 2. The molecular weight excluding hydrogens is 248 g/mol. The van der Waals surface area contributed by atoms with E-state index in [1.54, 1.807) is 6.26 Å². The highest BCUT2D eigenvalue weighted by Crippen LogP contribution is 2.18. The zero-order valence-corrected chi connectivity index (χ0v) is 11.0. The van der Waals surface area contributed by atoms with Gasteiger partial charge in [0.15, 0.2) is 0 Å². The molecule has 0 radical (unpaired) electrons. The Bertz CT molecular complexity index is 483. The van der Waals surface area contributed by atoms with Crippen LogP contribution in [0.15, 0.2) is 16.7 Å². The average Bonchev–Trinajstić information content (AvgIpc) is 2.92. The minimum Gasteiger partial charge on any atom is -0.467 e. The summed E-state index contributed by atoms with van der Waals surface area (Å²) in [6, 6.07) is 1.23. The van der Waals surface area contributed by atoms with Crippen molar-refractivity contribution < 1.29 is 19.1 Å². The highest BCUT2D eigenvalue weighted by molar-refractivity contribution is 5.87. The molecule has 1 fully saturated rings. The number of carbonyl (C=O) groups is 2. The van der Waals surface area contributed by atoms with Crippen LogP contribution in [0.2, 0.25) is 0 Å². The van der Waals surface area contributed by atoms with Crippen LogP contribution in [-0.2, 0) is 16.1 Å². The first-order valence-electron chi connectivity index (χ1n) is 6.25. The number of carbonyl (C=O) groups excluding carboxylic acids is 2. The third kappa shape index (κ3) is 2.96. The van der Waals surface area contributed by atoms with Crippen molar-refractivity contribution in [3.05, 3.63) is 23.7 Å². The maximum atomic E-state index is 12.1. The van der Waals surface area contributed by atoms with Crippen LogP contribution in [0.3, 0.4) is 0 Å². The molecule has 2 rings (SSSR count). The minimum atomic E-state index is -0.634. The molecule has 0 spiro atoms. The van der Waals surface area contributed by atoms with Crippen molar-refractivity contribution in [1.29, 1.82) is 0 Å². The largest absolute Gasteiger partial charge is 0.467 e. The van der Waals surface area contributed by atoms with Gasteiger partial charge in [0.05, 0.1) is 18.9 Å². The number of β-amino-alcohol motifs (C(OH)–C–C–N with tert-alkyl or cyclic N) is 1. The van der Waals surface area contributed by atoms with Crippen LogP contribution >= 0.6 is 0 Å². The first kappa shape index (κ1) is 13.6. The van der Waals surface area contributed by atoms with Gasteiger partial charge in [-0.3, -0.25) is 9.59 Å². The van der Waals surface area contributed by atoms with Crippen LogP contribution in [0.25, 0.3) is 0 Å². The standard InChI is InChI=1S/C13H18N2O4/c1-8-3-4-19-12(8)6-14-13(18)11-5-10(17)7-15(11)9(2)16/h3-4,10-11,17H,5-7H2,1-2H3,(H,14,18)/t10-,11+/m0/s1. The Hall–Kier alpha value is -1.82. The molecule has 0 bridgehead atoms. The molecule has 0 saturated carbocycles. The van der Waals surface area contributed by atoms with Crippen molar-refractivity contribution in [1.82, 2.24) is 10.2 Å². The second-order valence-electron chi connectivity index (χ2n) is 4.82. The quantitative estimate of drug-likeness (QED) is 0.818. The Kier molecular flexibility index (Phi) is 3.90. The van der Waals surface area contributed by atoms with Gasteiger partial charge in [-0.1, -0.05) is 0 Å². The van der Waals surface area contributed by atoms with E-state index < -0.39 is 12.1 Å². The van der Waals surface area contributed by atoms with E-state index in [2.05, 4.69) is 5.32 Å². The first-order chi connectivity index (χ1) is 8.99. The molecule has 1 saturated heterocycles. The fraction of sp³-hybridized carbons (Fsp3) is 0.538. The van der Waals surface area contributed by atoms with Crippen LogP contribution in [0.4, 0.5) is 0 Å². The summed E-state index contributed by atoms with van der Waals surface area (Å²) >= 11 is 0. The van der Waals surface area contributed by atoms with Crippen LogP contribution in [0.1, 0.15) is 24.7 Å². The molecule has 19 heavy (non-hydrogen) atoms. The summed E-state index contributed by atoms with van der Waals surface area (Å²) in [7, 11) is 0. The van der Waals surface area contributed by atoms with Crippen LogP contribution in [0.5, 0.6) is 0 Å². The highest BCUT2D eigenvalue weighted by atomic mass is 16.3. The third-order valence-corrected chi connectivity index (χ3v) is 3.38. The minimum absolute atomic E-state index is 0.203. The molecule has 0 aromatic carbocycles. The molecule has 1 aromatic rings. The van der Waals surface area contributed by atoms with E-state index >= 15 is 0 Å². The fourth-order valence-corrected chi connectivity index (χ4v) is 2.28. The molecule has 6 heteroatoms. The zero-order chi connectivity index (χ0) is 14.0. The zero-order valence-electron chi connectivity index (χ0n) is 11.0. The summed E-state index contributed by atoms with van der Waals surface area (Å²) < 4.78 is 5.23. The SMILES string of the molecule is CC(=O)N1C[C@@H](O)C[C@@H]1C(=O)NCc1occc1C. The van der Waals surface area contributed by atoms with Gasteiger partial charge in [0, 0.05) is 19.9 Å². The predicted octanol–water partition coefficient (Wildman–Crippen LogP) is 0.186. The van der Waals surface area contributed by atoms with Gasteiger partial charge in [-0.2, -0.15) is 0 Å². The molecule has 2 N–H and O–H groups in total. The number of nitrogens with one attached hydrogen (secondary N) is 1. The van der Waals surface area contributed by atoms with Crippen molar-refractivity contribution in [2.75, 3.05) is 6.54 Å². The van der Waals surface area contributed by atoms with Crippen molar-refractivity contribution in [3.63, 3.8) is 0 Å². The maximum Gasteiger partial charge on any atom is 0.243 e. The van der Waals surface area contributed by atoms with E-state index in [0.717, 1.165) is 5.56 Å². The van der Waals surface area contributed by atoms with Gasteiger partial charge in [-0.05, 0) is 18.6 Å². The van der Waals surface area contributed by atoms with E-state index in [1.165, 1.54) is 11.8 Å². The van der Waals surface area contributed by atoms with Gasteiger partial charge in [0.1, 0.15) is 11.8 Å². The number of hydrogen-bond acceptors (Lipinski definition) is 4. The Morgan fingerprint density at radius 3 is 2.89 bits per heavy atom. The molecular formula is C13H18N2O4. The summed E-state index contributed by atoms with van der Waals surface area (Å²) in [6.45, 7) is 3.80. The number of aliphatic hydroxyl groups is 1. The second kappa shape index (κ2) is 5.44. The summed E-state index contributed by atoms with van der Waals surface area (Å²) in [6.07, 6.45) is 1.21. The lowest BCUT2D eigenvalue weighted by Gasteiger charge is -2.21. The number of aliphatic hydroxyl groups excluding tert-OH is 1. The van der Waals surface area contributed by atoms with Gasteiger partial charge >= 0.3 is 0 Å². The summed E-state index contributed by atoms with van der Waals surface area (Å²) in [5.74, 6) is 0.231. The van der Waals surface area contributed by atoms with Gasteiger partial charge in [-0.15, -0.1) is 0 Å². The van der Waals surface area contributed by atoms with Crippen LogP contribution < -0.4 is 5.32 Å². The van der Waals surface area contributed by atoms with Crippen molar-refractivity contribution in [2.24, 2.45) is 0 Å². The number of furan rings is 1. The molecule has 2 heterocycles. The third-order valence-electron chi connectivity index (χ3n) is 3.38. The molecule has 2 atom stereocenters. The van der Waals surface area contributed by atoms with Crippen LogP contribution in [-0.4, -0.2) is 40.5 Å². The van der Waals surface area contributed by atoms with Crippen molar-refractivity contribution in [3.8, 4) is 0 Å². The lowest BCUT2D eigenvalue weighted by atomic mass is 10.2. The lowest BCUT2D eigenvalue weighted by Crippen LogP contribution is -2.44. The normalized spacial score (nSPS) is 22.6. The Balaban J connectivity index is 1.96. The van der Waals surface area contributed by atoms with Gasteiger partial charge in [0.2, 0.25) is 11.8 Å². The number of rotatable bonds is 3. The van der Waals surface area contributed by atoms with E-state index in [9.17, 15) is 14.7 Å². The van der Waals surface area contributed by atoms with E-state index in [-0.39, 0.29) is 31.3 Å². The number of amides is 2. The smallest absolute Gasteiger partial charge is 0.243 e. The Morgan fingerprint density at radius 1 is 1.58 bits per heavy atom. The maximum absolute atomic E-state index is 12.1. The number of aryl methyl sites for hydroxylation is 1. The van der Waals surface area contributed by atoms with Gasteiger partial charge in [-0.25, -0.2) is 0 Å². The molecule has 1 aliphatic rings. The summed E-state index contributed by atoms with van der Waals surface area (Å²) in [5.41, 5.74) is 0.968. The molecule has 104 valence electrons. The molecule has 2 amide bonds.